The highest BCUT2D eigenvalue weighted by atomic mass is 35.5. The van der Waals surface area contributed by atoms with Crippen LogP contribution >= 0.6 is 23.4 Å². The Bertz CT molecular complexity index is 1210. The molecule has 2 aromatic rings. The van der Waals surface area contributed by atoms with Crippen LogP contribution in [-0.2, 0) is 14.4 Å². The van der Waals surface area contributed by atoms with Crippen molar-refractivity contribution in [3.8, 4) is 11.5 Å². The van der Waals surface area contributed by atoms with Crippen LogP contribution in [0.25, 0.3) is 6.08 Å². The molecule has 2 fully saturated rings. The minimum absolute atomic E-state index is 0.163. The van der Waals surface area contributed by atoms with Gasteiger partial charge in [-0.05, 0) is 60.5 Å². The smallest absolute Gasteiger partial charge is 0.294 e. The molecule has 2 aliphatic heterocycles. The zero-order valence-corrected chi connectivity index (χ0v) is 21.1. The van der Waals surface area contributed by atoms with Crippen molar-refractivity contribution in [3.05, 3.63) is 58.0 Å². The zero-order valence-electron chi connectivity index (χ0n) is 19.5. The molecule has 0 saturated carbocycles. The van der Waals surface area contributed by atoms with E-state index in [0.717, 1.165) is 29.5 Å². The molecule has 0 bridgehead atoms. The van der Waals surface area contributed by atoms with Crippen LogP contribution in [0.5, 0.6) is 11.5 Å². The number of imide groups is 1. The number of carbonyl (C=O) groups is 4. The van der Waals surface area contributed by atoms with Crippen LogP contribution in [0.2, 0.25) is 5.02 Å². The molecule has 0 aliphatic carbocycles. The van der Waals surface area contributed by atoms with Gasteiger partial charge in [0, 0.05) is 18.8 Å². The second-order valence-electron chi connectivity index (χ2n) is 8.09. The molecular weight excluding hydrogens is 506 g/mol. The minimum Gasteiger partial charge on any atom is -0.493 e. The van der Waals surface area contributed by atoms with Crippen LogP contribution in [0.3, 0.4) is 0 Å². The molecule has 0 spiro atoms. The number of methoxy groups -OCH3 is 1. The average Bonchev–Trinajstić information content (AvgIpc) is 3.49. The fourth-order valence-electron chi connectivity index (χ4n) is 3.81. The Labute approximate surface area is 217 Å². The lowest BCUT2D eigenvalue weighted by Crippen LogP contribution is -2.40. The van der Waals surface area contributed by atoms with E-state index >= 15 is 0 Å². The van der Waals surface area contributed by atoms with Crippen LogP contribution < -0.4 is 14.8 Å². The molecule has 2 aliphatic rings. The normalized spacial score (nSPS) is 16.6. The van der Waals surface area contributed by atoms with Gasteiger partial charge in [-0.3, -0.25) is 24.1 Å². The average molecular weight is 530 g/mol. The number of anilines is 1. The van der Waals surface area contributed by atoms with Gasteiger partial charge in [0.25, 0.3) is 17.1 Å². The number of amides is 4. The highest BCUT2D eigenvalue weighted by molar-refractivity contribution is 8.18. The standard InChI is InChI=1S/C25H24ClN3O6S/c1-34-19-12-16(11-18(26)23(19)35-15-21(30)27-17-7-3-2-4-8-17)13-20-24(32)29(25(33)36-20)14-22(31)28-9-5-6-10-28/h2-4,7-8,11-13H,5-6,9-10,14-15H2,1H3,(H,27,30)/b20-13-. The van der Waals surface area contributed by atoms with E-state index < -0.39 is 11.1 Å². The third kappa shape index (κ3) is 6.00. The molecule has 2 saturated heterocycles. The van der Waals surface area contributed by atoms with Gasteiger partial charge in [-0.25, -0.2) is 0 Å². The van der Waals surface area contributed by atoms with Gasteiger partial charge in [0.1, 0.15) is 6.54 Å². The van der Waals surface area contributed by atoms with Crippen molar-refractivity contribution in [2.75, 3.05) is 38.7 Å². The van der Waals surface area contributed by atoms with Gasteiger partial charge in [0.05, 0.1) is 17.0 Å². The van der Waals surface area contributed by atoms with Crippen molar-refractivity contribution in [3.63, 3.8) is 0 Å². The van der Waals surface area contributed by atoms with Gasteiger partial charge in [-0.2, -0.15) is 0 Å². The van der Waals surface area contributed by atoms with Crippen molar-refractivity contribution < 1.29 is 28.7 Å². The molecule has 4 rings (SSSR count). The summed E-state index contributed by atoms with van der Waals surface area (Å²) in [6, 6.07) is 12.1. The lowest BCUT2D eigenvalue weighted by atomic mass is 10.1. The summed E-state index contributed by atoms with van der Waals surface area (Å²) in [4.78, 5) is 52.6. The number of hydrogen-bond acceptors (Lipinski definition) is 7. The number of nitrogens with one attached hydrogen (secondary N) is 1. The number of carbonyl (C=O) groups excluding carboxylic acids is 4. The lowest BCUT2D eigenvalue weighted by Gasteiger charge is -2.18. The number of hydrogen-bond donors (Lipinski definition) is 1. The third-order valence-corrected chi connectivity index (χ3v) is 6.77. The number of thioether (sulfide) groups is 1. The van der Waals surface area contributed by atoms with Crippen LogP contribution in [0.4, 0.5) is 10.5 Å². The Hall–Kier alpha value is -3.50. The summed E-state index contributed by atoms with van der Waals surface area (Å²) in [7, 11) is 1.42. The minimum atomic E-state index is -0.537. The van der Waals surface area contributed by atoms with E-state index in [-0.39, 0.29) is 46.4 Å². The summed E-state index contributed by atoms with van der Waals surface area (Å²) in [5, 5.41) is 2.38. The van der Waals surface area contributed by atoms with Gasteiger partial charge in [-0.1, -0.05) is 29.8 Å². The number of rotatable bonds is 8. The monoisotopic (exact) mass is 529 g/mol. The molecule has 2 aromatic carbocycles. The van der Waals surface area contributed by atoms with Gasteiger partial charge in [0.15, 0.2) is 18.1 Å². The van der Waals surface area contributed by atoms with E-state index in [1.807, 2.05) is 6.07 Å². The van der Waals surface area contributed by atoms with Gasteiger partial charge >= 0.3 is 0 Å². The SMILES string of the molecule is COc1cc(/C=C2\SC(=O)N(CC(=O)N3CCCC3)C2=O)cc(Cl)c1OCC(=O)Nc1ccccc1. The van der Waals surface area contributed by atoms with E-state index in [4.69, 9.17) is 21.1 Å². The molecule has 0 unspecified atom stereocenters. The van der Waals surface area contributed by atoms with Crippen LogP contribution in [0, 0.1) is 0 Å². The Balaban J connectivity index is 1.44. The first-order valence-electron chi connectivity index (χ1n) is 11.2. The number of halogens is 1. The largest absolute Gasteiger partial charge is 0.493 e. The Kier molecular flexibility index (Phi) is 8.17. The maximum atomic E-state index is 12.8. The topological polar surface area (TPSA) is 105 Å². The van der Waals surface area contributed by atoms with Crippen LogP contribution in [0.15, 0.2) is 47.4 Å². The number of benzene rings is 2. The van der Waals surface area contributed by atoms with Crippen LogP contribution in [-0.4, -0.2) is 66.1 Å². The number of ether oxygens (including phenoxy) is 2. The first-order chi connectivity index (χ1) is 17.4. The van der Waals surface area contributed by atoms with Crippen molar-refractivity contribution in [1.82, 2.24) is 9.80 Å². The maximum Gasteiger partial charge on any atom is 0.294 e. The Morgan fingerprint density at radius 2 is 1.86 bits per heavy atom. The van der Waals surface area contributed by atoms with Crippen LogP contribution in [0.1, 0.15) is 18.4 Å². The number of para-hydroxylation sites is 1. The molecule has 1 N–H and O–H groups in total. The predicted octanol–water partition coefficient (Wildman–Crippen LogP) is 4.02. The molecule has 4 amide bonds. The van der Waals surface area contributed by atoms with E-state index in [2.05, 4.69) is 5.32 Å². The summed E-state index contributed by atoms with van der Waals surface area (Å²) < 4.78 is 11.0. The summed E-state index contributed by atoms with van der Waals surface area (Å²) in [5.41, 5.74) is 1.13. The molecule has 0 aromatic heterocycles. The second kappa shape index (κ2) is 11.5. The predicted molar refractivity (Wildman–Crippen MR) is 137 cm³/mol. The first-order valence-corrected chi connectivity index (χ1v) is 12.4. The van der Waals surface area contributed by atoms with E-state index in [1.54, 1.807) is 35.2 Å². The van der Waals surface area contributed by atoms with Crippen molar-refractivity contribution in [1.29, 1.82) is 0 Å². The van der Waals surface area contributed by atoms with Crippen molar-refractivity contribution in [2.45, 2.75) is 12.8 Å². The summed E-state index contributed by atoms with van der Waals surface area (Å²) in [6.07, 6.45) is 3.35. The molecular formula is C25H24ClN3O6S. The first kappa shape index (κ1) is 25.6. The fraction of sp³-hybridized carbons (Fsp3) is 0.280. The quantitative estimate of drug-likeness (QED) is 0.515. The molecule has 0 atom stereocenters. The van der Waals surface area contributed by atoms with Crippen molar-refractivity contribution in [2.24, 2.45) is 0 Å². The molecule has 188 valence electrons. The zero-order chi connectivity index (χ0) is 25.7. The maximum absolute atomic E-state index is 12.8. The summed E-state index contributed by atoms with van der Waals surface area (Å²) in [6.45, 7) is 0.717. The van der Waals surface area contributed by atoms with E-state index in [0.29, 0.717) is 24.3 Å². The molecule has 0 radical (unpaired) electrons. The van der Waals surface area contributed by atoms with Gasteiger partial charge < -0.3 is 19.7 Å². The Morgan fingerprint density at radius 1 is 1.14 bits per heavy atom. The summed E-state index contributed by atoms with van der Waals surface area (Å²) in [5.74, 6) is -0.724. The highest BCUT2D eigenvalue weighted by Gasteiger charge is 2.37. The lowest BCUT2D eigenvalue weighted by molar-refractivity contribution is -0.135. The summed E-state index contributed by atoms with van der Waals surface area (Å²) >= 11 is 7.15. The van der Waals surface area contributed by atoms with Gasteiger partial charge in [0.2, 0.25) is 5.91 Å². The molecule has 36 heavy (non-hydrogen) atoms. The van der Waals surface area contributed by atoms with Crippen molar-refractivity contribution >= 4 is 58.1 Å². The Morgan fingerprint density at radius 3 is 2.56 bits per heavy atom. The molecule has 9 nitrogen and oxygen atoms in total. The molecule has 11 heteroatoms. The third-order valence-electron chi connectivity index (χ3n) is 5.58. The number of nitrogens with zero attached hydrogens (tertiary/aromatic N) is 2. The van der Waals surface area contributed by atoms with Gasteiger partial charge in [-0.15, -0.1) is 0 Å². The van der Waals surface area contributed by atoms with E-state index in [1.165, 1.54) is 19.3 Å². The van der Waals surface area contributed by atoms with E-state index in [9.17, 15) is 19.2 Å². The second-order valence-corrected chi connectivity index (χ2v) is 9.49. The highest BCUT2D eigenvalue weighted by Crippen LogP contribution is 2.39. The number of likely N-dealkylation sites (tertiary alicyclic amines) is 1. The fourth-order valence-corrected chi connectivity index (χ4v) is 4.92. The molecule has 2 heterocycles.